The maximum absolute atomic E-state index is 13.8. The van der Waals surface area contributed by atoms with Gasteiger partial charge in [-0.2, -0.15) is 0 Å². The number of carbonyl (C=O) groups excluding carboxylic acids is 2. The maximum atomic E-state index is 13.8. The van der Waals surface area contributed by atoms with Crippen molar-refractivity contribution in [1.82, 2.24) is 0 Å². The van der Waals surface area contributed by atoms with E-state index < -0.39 is 11.8 Å². The highest BCUT2D eigenvalue weighted by atomic mass is 19.1. The molecule has 0 aromatic heterocycles. The number of halogens is 1. The molecule has 3 aliphatic rings. The summed E-state index contributed by atoms with van der Waals surface area (Å²) in [7, 11) is 0. The molecule has 1 saturated carbocycles. The Labute approximate surface area is 229 Å². The number of hydrogen-bond acceptors (Lipinski definition) is 4. The van der Waals surface area contributed by atoms with E-state index in [9.17, 15) is 14.0 Å². The molecule has 202 valence electrons. The average Bonchev–Trinajstić information content (AvgIpc) is 3.43. The standard InChI is InChI=1S/C33H34FNO4/c1-33(2)38-30-22-28(19-20-29(30)32(37)39-33)35(21-5-8-23-6-3-4-7-23)31(36)26-15-11-24(12-16-26)9-10-25-13-17-27(34)18-14-25/h11-15,17-20,22-23,26H,3-8,16,21H2,1-2H3. The largest absolute Gasteiger partial charge is 0.452 e. The lowest BCUT2D eigenvalue weighted by molar-refractivity contribution is -0.127. The number of benzene rings is 2. The summed E-state index contributed by atoms with van der Waals surface area (Å²) in [5.74, 6) is 5.23. The minimum Gasteiger partial charge on any atom is -0.452 e. The maximum Gasteiger partial charge on any atom is 0.345 e. The number of amides is 1. The number of allylic oxidation sites excluding steroid dienone is 3. The zero-order valence-electron chi connectivity index (χ0n) is 22.5. The number of cyclic esters (lactones) is 1. The van der Waals surface area contributed by atoms with Gasteiger partial charge < -0.3 is 14.4 Å². The molecule has 2 aliphatic carbocycles. The minimum atomic E-state index is -1.07. The molecule has 1 atom stereocenters. The predicted molar refractivity (Wildman–Crippen MR) is 149 cm³/mol. The molecule has 2 aromatic rings. The Kier molecular flexibility index (Phi) is 7.88. The monoisotopic (exact) mass is 527 g/mol. The molecular formula is C33H34FNO4. The number of carbonyl (C=O) groups is 2. The van der Waals surface area contributed by atoms with Gasteiger partial charge in [-0.1, -0.05) is 55.8 Å². The molecule has 1 heterocycles. The normalized spacial score (nSPS) is 19.7. The summed E-state index contributed by atoms with van der Waals surface area (Å²) in [5, 5.41) is 0. The first kappa shape index (κ1) is 26.7. The smallest absolute Gasteiger partial charge is 0.345 e. The number of esters is 1. The second-order valence-electron chi connectivity index (χ2n) is 11.0. The molecule has 5 nitrogen and oxygen atoms in total. The van der Waals surface area contributed by atoms with E-state index in [1.54, 1.807) is 44.2 Å². The van der Waals surface area contributed by atoms with Gasteiger partial charge in [0.2, 0.25) is 11.7 Å². The topological polar surface area (TPSA) is 55.8 Å². The van der Waals surface area contributed by atoms with Crippen LogP contribution < -0.4 is 9.64 Å². The molecule has 0 bridgehead atoms. The van der Waals surface area contributed by atoms with Gasteiger partial charge in [-0.25, -0.2) is 9.18 Å². The molecule has 6 heteroatoms. The molecular weight excluding hydrogens is 493 g/mol. The Morgan fingerprint density at radius 3 is 2.56 bits per heavy atom. The van der Waals surface area contributed by atoms with Crippen LogP contribution in [0.5, 0.6) is 5.75 Å². The van der Waals surface area contributed by atoms with Crippen LogP contribution in [0.1, 0.15) is 74.7 Å². The summed E-state index contributed by atoms with van der Waals surface area (Å²) in [4.78, 5) is 28.1. The molecule has 0 spiro atoms. The fourth-order valence-corrected chi connectivity index (χ4v) is 5.47. The van der Waals surface area contributed by atoms with Crippen molar-refractivity contribution in [3.63, 3.8) is 0 Å². The Balaban J connectivity index is 1.32. The van der Waals surface area contributed by atoms with Gasteiger partial charge in [-0.05, 0) is 61.6 Å². The van der Waals surface area contributed by atoms with Crippen molar-refractivity contribution in [2.24, 2.45) is 11.8 Å². The van der Waals surface area contributed by atoms with Gasteiger partial charge in [0.05, 0.1) is 5.92 Å². The van der Waals surface area contributed by atoms with Crippen LogP contribution in [0.2, 0.25) is 0 Å². The van der Waals surface area contributed by atoms with Crippen LogP contribution in [0.15, 0.2) is 66.3 Å². The number of hydrogen-bond donors (Lipinski definition) is 0. The fraction of sp³-hybridized carbons (Fsp3) is 0.394. The van der Waals surface area contributed by atoms with E-state index in [4.69, 9.17) is 9.47 Å². The van der Waals surface area contributed by atoms with Crippen LogP contribution in [0.4, 0.5) is 10.1 Å². The molecule has 0 saturated heterocycles. The third-order valence-corrected chi connectivity index (χ3v) is 7.54. The lowest BCUT2D eigenvalue weighted by atomic mass is 9.94. The number of anilines is 1. The molecule has 5 rings (SSSR count). The Bertz CT molecular complexity index is 1360. The summed E-state index contributed by atoms with van der Waals surface area (Å²) >= 11 is 0. The van der Waals surface area contributed by atoms with Crippen molar-refractivity contribution in [3.05, 3.63) is 83.2 Å². The zero-order valence-corrected chi connectivity index (χ0v) is 22.5. The second-order valence-corrected chi connectivity index (χ2v) is 11.0. The first-order chi connectivity index (χ1) is 18.8. The number of fused-ring (bicyclic) bond motifs is 1. The summed E-state index contributed by atoms with van der Waals surface area (Å²) in [6.07, 6.45) is 13.5. The van der Waals surface area contributed by atoms with E-state index in [-0.39, 0.29) is 17.6 Å². The number of rotatable bonds is 6. The van der Waals surface area contributed by atoms with Crippen LogP contribution >= 0.6 is 0 Å². The van der Waals surface area contributed by atoms with Gasteiger partial charge in [-0.15, -0.1) is 0 Å². The van der Waals surface area contributed by atoms with E-state index >= 15 is 0 Å². The number of ether oxygens (including phenoxy) is 2. The molecule has 1 fully saturated rings. The van der Waals surface area contributed by atoms with Crippen molar-refractivity contribution in [2.75, 3.05) is 11.4 Å². The van der Waals surface area contributed by atoms with E-state index in [2.05, 4.69) is 11.8 Å². The van der Waals surface area contributed by atoms with Gasteiger partial charge >= 0.3 is 5.97 Å². The summed E-state index contributed by atoms with van der Waals surface area (Å²) in [6.45, 7) is 3.99. The molecule has 2 aromatic carbocycles. The van der Waals surface area contributed by atoms with Crippen LogP contribution in [0, 0.1) is 29.5 Å². The highest BCUT2D eigenvalue weighted by Gasteiger charge is 2.35. The molecule has 1 unspecified atom stereocenters. The fourth-order valence-electron chi connectivity index (χ4n) is 5.47. The minimum absolute atomic E-state index is 0.0112. The second kappa shape index (κ2) is 11.5. The predicted octanol–water partition coefficient (Wildman–Crippen LogP) is 6.97. The first-order valence-corrected chi connectivity index (χ1v) is 13.8. The van der Waals surface area contributed by atoms with Crippen LogP contribution in [0.25, 0.3) is 0 Å². The average molecular weight is 528 g/mol. The van der Waals surface area contributed by atoms with Gasteiger partial charge in [0.25, 0.3) is 0 Å². The van der Waals surface area contributed by atoms with Crippen molar-refractivity contribution in [3.8, 4) is 17.6 Å². The van der Waals surface area contributed by atoms with Gasteiger partial charge in [-0.3, -0.25) is 4.79 Å². The van der Waals surface area contributed by atoms with Crippen molar-refractivity contribution in [2.45, 2.75) is 64.6 Å². The van der Waals surface area contributed by atoms with E-state index in [1.165, 1.54) is 37.8 Å². The van der Waals surface area contributed by atoms with Crippen molar-refractivity contribution in [1.29, 1.82) is 0 Å². The summed E-state index contributed by atoms with van der Waals surface area (Å²) in [5.41, 5.74) is 2.65. The van der Waals surface area contributed by atoms with Crippen LogP contribution in [-0.4, -0.2) is 24.2 Å². The third kappa shape index (κ3) is 6.60. The quantitative estimate of drug-likeness (QED) is 0.301. The Morgan fingerprint density at radius 2 is 1.85 bits per heavy atom. The van der Waals surface area contributed by atoms with Crippen LogP contribution in [0.3, 0.4) is 0 Å². The Hall–Kier alpha value is -3.85. The lowest BCUT2D eigenvalue weighted by Gasteiger charge is -2.33. The van der Waals surface area contributed by atoms with E-state index in [0.717, 1.165) is 35.6 Å². The third-order valence-electron chi connectivity index (χ3n) is 7.54. The van der Waals surface area contributed by atoms with Crippen molar-refractivity contribution >= 4 is 17.6 Å². The van der Waals surface area contributed by atoms with E-state index in [0.29, 0.717) is 24.3 Å². The van der Waals surface area contributed by atoms with Gasteiger partial charge in [0, 0.05) is 43.3 Å². The van der Waals surface area contributed by atoms with Gasteiger partial charge in [0.1, 0.15) is 17.1 Å². The van der Waals surface area contributed by atoms with Crippen molar-refractivity contribution < 1.29 is 23.5 Å². The lowest BCUT2D eigenvalue weighted by Crippen LogP contribution is -2.40. The summed E-state index contributed by atoms with van der Waals surface area (Å²) in [6, 6.07) is 11.3. The highest BCUT2D eigenvalue weighted by Crippen LogP contribution is 2.36. The molecule has 1 aliphatic heterocycles. The Morgan fingerprint density at radius 1 is 1.08 bits per heavy atom. The SMILES string of the molecule is CC1(C)OC(=O)c2ccc(N(CCCC3CCCC3)C(=O)C3C=CC(C#Cc4ccc(F)cc4)=CC3)cc2O1. The van der Waals surface area contributed by atoms with E-state index in [1.807, 2.05) is 23.1 Å². The highest BCUT2D eigenvalue weighted by molar-refractivity contribution is 5.99. The molecule has 1 amide bonds. The molecule has 39 heavy (non-hydrogen) atoms. The first-order valence-electron chi connectivity index (χ1n) is 13.8. The molecule has 0 radical (unpaired) electrons. The molecule has 0 N–H and O–H groups in total. The number of nitrogens with zero attached hydrogens (tertiary/aromatic N) is 1. The summed E-state index contributed by atoms with van der Waals surface area (Å²) < 4.78 is 24.4. The van der Waals surface area contributed by atoms with Crippen LogP contribution in [-0.2, 0) is 9.53 Å². The van der Waals surface area contributed by atoms with Gasteiger partial charge in [0.15, 0.2) is 0 Å². The zero-order chi connectivity index (χ0) is 27.4.